The van der Waals surface area contributed by atoms with Gasteiger partial charge in [-0.3, -0.25) is 13.9 Å². The molecule has 0 unspecified atom stereocenters. The molecule has 0 spiro atoms. The van der Waals surface area contributed by atoms with Gasteiger partial charge in [-0.15, -0.1) is 0 Å². The molecule has 2 amide bonds. The maximum Gasteiger partial charge on any atom is 0.260 e. The van der Waals surface area contributed by atoms with Gasteiger partial charge in [0.25, 0.3) is 11.8 Å². The summed E-state index contributed by atoms with van der Waals surface area (Å²) in [6.45, 7) is 3.30. The largest absolute Gasteiger partial charge is 0.484 e. The predicted molar refractivity (Wildman–Crippen MR) is 136 cm³/mol. The summed E-state index contributed by atoms with van der Waals surface area (Å²) in [7, 11) is -3.69. The molecule has 0 bridgehead atoms. The monoisotopic (exact) mass is 512 g/mol. The van der Waals surface area contributed by atoms with Crippen LogP contribution in [0.15, 0.2) is 70.4 Å². The van der Waals surface area contributed by atoms with Crippen LogP contribution in [0.1, 0.15) is 22.5 Å². The Morgan fingerprint density at radius 3 is 2.33 bits per heavy atom. The number of rotatable bonds is 11. The summed E-state index contributed by atoms with van der Waals surface area (Å²) >= 11 is 0. The van der Waals surface area contributed by atoms with Gasteiger partial charge in [-0.05, 0) is 66.9 Å². The van der Waals surface area contributed by atoms with E-state index in [1.807, 2.05) is 6.07 Å². The molecule has 11 heteroatoms. The predicted octanol–water partition coefficient (Wildman–Crippen LogP) is 2.51. The van der Waals surface area contributed by atoms with Crippen molar-refractivity contribution in [1.29, 1.82) is 0 Å². The van der Waals surface area contributed by atoms with E-state index >= 15 is 0 Å². The Bertz CT molecular complexity index is 1300. The topological polar surface area (TPSA) is 130 Å². The number of nitrogens with zero attached hydrogens (tertiary/aromatic N) is 2. The highest BCUT2D eigenvalue weighted by molar-refractivity contribution is 7.92. The lowest BCUT2D eigenvalue weighted by molar-refractivity contribution is -0.123. The molecule has 0 aliphatic carbocycles. The molecular weight excluding hydrogens is 484 g/mol. The number of hydrogen-bond acceptors (Lipinski definition) is 7. The third-order valence-corrected chi connectivity index (χ3v) is 6.18. The molecule has 3 aromatic rings. The van der Waals surface area contributed by atoms with Crippen molar-refractivity contribution >= 4 is 33.7 Å². The molecule has 190 valence electrons. The number of aryl methyl sites for hydroxylation is 2. The summed E-state index contributed by atoms with van der Waals surface area (Å²) in [6.07, 6.45) is 4.01. The number of carbonyl (C=O) groups excluding carboxylic acids is 2. The molecule has 36 heavy (non-hydrogen) atoms. The van der Waals surface area contributed by atoms with Crippen LogP contribution >= 0.6 is 0 Å². The molecule has 0 radical (unpaired) electrons. The summed E-state index contributed by atoms with van der Waals surface area (Å²) in [6, 6.07) is 15.6. The Morgan fingerprint density at radius 1 is 1.03 bits per heavy atom. The van der Waals surface area contributed by atoms with Gasteiger partial charge in [-0.25, -0.2) is 13.8 Å². The Morgan fingerprint density at radius 2 is 1.72 bits per heavy atom. The first-order valence-electron chi connectivity index (χ1n) is 11.0. The van der Waals surface area contributed by atoms with Crippen LogP contribution in [-0.2, 0) is 26.2 Å². The molecule has 0 saturated carbocycles. The van der Waals surface area contributed by atoms with Crippen molar-refractivity contribution in [2.45, 2.75) is 20.4 Å². The lowest BCUT2D eigenvalue weighted by Crippen LogP contribution is -2.39. The second-order valence-corrected chi connectivity index (χ2v) is 9.92. The number of nitrogens with one attached hydrogen (secondary N) is 2. The molecule has 0 aliphatic rings. The van der Waals surface area contributed by atoms with Crippen LogP contribution in [0.25, 0.3) is 0 Å². The third-order valence-electron chi connectivity index (χ3n) is 5.07. The van der Waals surface area contributed by atoms with Gasteiger partial charge < -0.3 is 14.5 Å². The van der Waals surface area contributed by atoms with Crippen LogP contribution in [0.2, 0.25) is 0 Å². The molecule has 0 saturated heterocycles. The maximum absolute atomic E-state index is 12.4. The highest BCUT2D eigenvalue weighted by Gasteiger charge is 2.23. The number of hydrogen-bond donors (Lipinski definition) is 2. The Labute approximate surface area is 210 Å². The number of furan rings is 1. The quantitative estimate of drug-likeness (QED) is 0.300. The molecule has 1 heterocycles. The number of hydrazone groups is 1. The molecule has 0 atom stereocenters. The highest BCUT2D eigenvalue weighted by atomic mass is 32.2. The fourth-order valence-corrected chi connectivity index (χ4v) is 4.33. The van der Waals surface area contributed by atoms with Crippen LogP contribution in [0.3, 0.4) is 0 Å². The van der Waals surface area contributed by atoms with E-state index in [4.69, 9.17) is 9.15 Å². The van der Waals surface area contributed by atoms with Gasteiger partial charge in [0.05, 0.1) is 31.0 Å². The molecule has 2 N–H and O–H groups in total. The fraction of sp³-hybridized carbons (Fsp3) is 0.240. The maximum atomic E-state index is 12.4. The van der Waals surface area contributed by atoms with Crippen molar-refractivity contribution < 1.29 is 27.2 Å². The number of sulfonamides is 1. The van der Waals surface area contributed by atoms with Gasteiger partial charge in [-0.2, -0.15) is 5.10 Å². The van der Waals surface area contributed by atoms with Crippen LogP contribution in [0.4, 0.5) is 5.69 Å². The molecular formula is C25H28N4O6S. The van der Waals surface area contributed by atoms with Crippen molar-refractivity contribution in [2.24, 2.45) is 5.10 Å². The van der Waals surface area contributed by atoms with Crippen LogP contribution < -0.4 is 19.8 Å². The number of anilines is 1. The second-order valence-electron chi connectivity index (χ2n) is 8.02. The number of ether oxygens (including phenoxy) is 1. The average Bonchev–Trinajstić information content (AvgIpc) is 3.34. The van der Waals surface area contributed by atoms with E-state index in [1.54, 1.807) is 62.4 Å². The van der Waals surface area contributed by atoms with Crippen LogP contribution in [0.5, 0.6) is 5.75 Å². The third kappa shape index (κ3) is 7.70. The number of amides is 2. The van der Waals surface area contributed by atoms with Gasteiger partial charge in [0.2, 0.25) is 10.0 Å². The minimum Gasteiger partial charge on any atom is -0.484 e. The summed E-state index contributed by atoms with van der Waals surface area (Å²) in [5, 5.41) is 6.59. The zero-order valence-corrected chi connectivity index (χ0v) is 21.0. The lowest BCUT2D eigenvalue weighted by Gasteiger charge is -2.25. The summed E-state index contributed by atoms with van der Waals surface area (Å²) in [5.74, 6) is 0.263. The fourth-order valence-electron chi connectivity index (χ4n) is 3.35. The van der Waals surface area contributed by atoms with E-state index in [0.717, 1.165) is 21.7 Å². The zero-order valence-electron chi connectivity index (χ0n) is 20.2. The Kier molecular flexibility index (Phi) is 8.85. The van der Waals surface area contributed by atoms with Crippen molar-refractivity contribution in [1.82, 2.24) is 10.7 Å². The molecule has 0 fully saturated rings. The van der Waals surface area contributed by atoms with Gasteiger partial charge in [0.1, 0.15) is 18.1 Å². The Balaban J connectivity index is 1.50. The number of para-hydroxylation sites is 1. The highest BCUT2D eigenvalue weighted by Crippen LogP contribution is 2.26. The standard InChI is InChI=1S/C25H28N4O6S/c1-18-6-4-7-19(2)25(18)29(36(3,32)33)16-23(30)28-27-14-20-9-11-21(12-10-20)35-17-24(31)26-15-22-8-5-13-34-22/h4-14H,15-17H2,1-3H3,(H,26,31)(H,28,30). The van der Waals surface area contributed by atoms with E-state index in [9.17, 15) is 18.0 Å². The molecule has 10 nitrogen and oxygen atoms in total. The van der Waals surface area contributed by atoms with Crippen molar-refractivity contribution in [3.05, 3.63) is 83.3 Å². The number of benzene rings is 2. The zero-order chi connectivity index (χ0) is 26.1. The first kappa shape index (κ1) is 26.5. The number of carbonyl (C=O) groups is 2. The van der Waals surface area contributed by atoms with Crippen molar-refractivity contribution in [2.75, 3.05) is 23.7 Å². The van der Waals surface area contributed by atoms with E-state index in [2.05, 4.69) is 15.8 Å². The van der Waals surface area contributed by atoms with Crippen molar-refractivity contribution in [3.8, 4) is 5.75 Å². The average molecular weight is 513 g/mol. The van der Waals surface area contributed by atoms with E-state index < -0.39 is 22.5 Å². The van der Waals surface area contributed by atoms with E-state index in [-0.39, 0.29) is 19.1 Å². The SMILES string of the molecule is Cc1cccc(C)c1N(CC(=O)NN=Cc1ccc(OCC(=O)NCc2ccco2)cc1)S(C)(=O)=O. The van der Waals surface area contributed by atoms with E-state index in [1.165, 1.54) is 12.5 Å². The smallest absolute Gasteiger partial charge is 0.260 e. The van der Waals surface area contributed by atoms with E-state index in [0.29, 0.717) is 22.8 Å². The summed E-state index contributed by atoms with van der Waals surface area (Å²) < 4.78 is 36.4. The lowest BCUT2D eigenvalue weighted by atomic mass is 10.1. The summed E-state index contributed by atoms with van der Waals surface area (Å²) in [5.41, 5.74) is 4.99. The summed E-state index contributed by atoms with van der Waals surface area (Å²) in [4.78, 5) is 24.3. The Hall–Kier alpha value is -4.12. The van der Waals surface area contributed by atoms with Gasteiger partial charge in [0, 0.05) is 0 Å². The van der Waals surface area contributed by atoms with Gasteiger partial charge in [-0.1, -0.05) is 18.2 Å². The van der Waals surface area contributed by atoms with Crippen LogP contribution in [-0.4, -0.2) is 45.9 Å². The minimum absolute atomic E-state index is 0.151. The van der Waals surface area contributed by atoms with Crippen LogP contribution in [0, 0.1) is 13.8 Å². The first-order chi connectivity index (χ1) is 17.1. The molecule has 2 aromatic carbocycles. The normalized spacial score (nSPS) is 11.3. The van der Waals surface area contributed by atoms with Crippen molar-refractivity contribution in [3.63, 3.8) is 0 Å². The minimum atomic E-state index is -3.69. The van der Waals surface area contributed by atoms with Gasteiger partial charge >= 0.3 is 0 Å². The molecule has 3 rings (SSSR count). The van der Waals surface area contributed by atoms with Gasteiger partial charge in [0.15, 0.2) is 6.61 Å². The molecule has 0 aliphatic heterocycles. The second kappa shape index (κ2) is 12.0. The first-order valence-corrected chi connectivity index (χ1v) is 12.9. The molecule has 1 aromatic heterocycles.